The fraction of sp³-hybridized carbons (Fsp3) is 0.241. The van der Waals surface area contributed by atoms with Crippen LogP contribution in [0.2, 0.25) is 0 Å². The molecule has 8 nitrogen and oxygen atoms in total. The van der Waals surface area contributed by atoms with Gasteiger partial charge in [-0.3, -0.25) is 14.5 Å². The van der Waals surface area contributed by atoms with Crippen LogP contribution < -0.4 is 10.1 Å². The Morgan fingerprint density at radius 3 is 2.24 bits per heavy atom. The van der Waals surface area contributed by atoms with E-state index >= 15 is 0 Å². The van der Waals surface area contributed by atoms with Crippen molar-refractivity contribution < 1.29 is 23.9 Å². The van der Waals surface area contributed by atoms with Gasteiger partial charge in [0.25, 0.3) is 5.91 Å². The molecule has 0 aromatic heterocycles. The third-order valence-electron chi connectivity index (χ3n) is 6.36. The lowest BCUT2D eigenvalue weighted by molar-refractivity contribution is -0.131. The Bertz CT molecular complexity index is 1300. The van der Waals surface area contributed by atoms with Gasteiger partial charge in [0, 0.05) is 12.2 Å². The van der Waals surface area contributed by atoms with Gasteiger partial charge < -0.3 is 19.7 Å². The first-order chi connectivity index (χ1) is 18.4. The molecule has 0 aliphatic carbocycles. The molecule has 1 aliphatic heterocycles. The Morgan fingerprint density at radius 1 is 0.921 bits per heavy atom. The van der Waals surface area contributed by atoms with Crippen LogP contribution in [0.15, 0.2) is 78.9 Å². The average Bonchev–Trinajstić information content (AvgIpc) is 3.16. The second-order valence-electron chi connectivity index (χ2n) is 8.82. The Kier molecular flexibility index (Phi) is 8.70. The van der Waals surface area contributed by atoms with E-state index in [1.54, 1.807) is 36.3 Å². The predicted octanol–water partition coefficient (Wildman–Crippen LogP) is 4.05. The molecule has 1 N–H and O–H groups in total. The van der Waals surface area contributed by atoms with Crippen LogP contribution in [0, 0.1) is 0 Å². The SMILES string of the molecule is COC(=O)c1ccc(NC(=O)CC2C(=O)N(Cc3ccccc3)C(=S)N2CCc2ccc(OC)cc2)cc1. The van der Waals surface area contributed by atoms with Gasteiger partial charge >= 0.3 is 5.97 Å². The van der Waals surface area contributed by atoms with E-state index in [2.05, 4.69) is 5.32 Å². The number of nitrogens with one attached hydrogen (secondary N) is 1. The summed E-state index contributed by atoms with van der Waals surface area (Å²) in [5.74, 6) is -0.222. The minimum absolute atomic E-state index is 0.0639. The highest BCUT2D eigenvalue weighted by Crippen LogP contribution is 2.25. The van der Waals surface area contributed by atoms with Gasteiger partial charge in [-0.1, -0.05) is 42.5 Å². The van der Waals surface area contributed by atoms with Gasteiger partial charge in [0.1, 0.15) is 11.8 Å². The molecule has 1 atom stereocenters. The molecular weight excluding hydrogens is 502 g/mol. The van der Waals surface area contributed by atoms with E-state index in [1.807, 2.05) is 59.5 Å². The van der Waals surface area contributed by atoms with Crippen LogP contribution >= 0.6 is 12.2 Å². The largest absolute Gasteiger partial charge is 0.497 e. The molecule has 1 heterocycles. The molecule has 1 unspecified atom stereocenters. The highest BCUT2D eigenvalue weighted by atomic mass is 32.1. The minimum Gasteiger partial charge on any atom is -0.497 e. The van der Waals surface area contributed by atoms with Crippen LogP contribution in [0.1, 0.15) is 27.9 Å². The summed E-state index contributed by atoms with van der Waals surface area (Å²) >= 11 is 5.74. The van der Waals surface area contributed by atoms with Crippen LogP contribution in [0.3, 0.4) is 0 Å². The van der Waals surface area contributed by atoms with Gasteiger partial charge in [-0.25, -0.2) is 4.79 Å². The second kappa shape index (κ2) is 12.3. The predicted molar refractivity (Wildman–Crippen MR) is 148 cm³/mol. The van der Waals surface area contributed by atoms with Crippen LogP contribution in [0.25, 0.3) is 0 Å². The van der Waals surface area contributed by atoms with Crippen LogP contribution in [0.5, 0.6) is 5.75 Å². The normalized spacial score (nSPS) is 14.9. The molecule has 3 aromatic carbocycles. The molecule has 3 aromatic rings. The van der Waals surface area contributed by atoms with E-state index in [4.69, 9.17) is 21.7 Å². The van der Waals surface area contributed by atoms with E-state index in [0.717, 1.165) is 16.9 Å². The molecule has 0 bridgehead atoms. The number of methoxy groups -OCH3 is 2. The van der Waals surface area contributed by atoms with Gasteiger partial charge in [0.15, 0.2) is 5.11 Å². The molecule has 0 spiro atoms. The van der Waals surface area contributed by atoms with Crippen molar-refractivity contribution in [3.63, 3.8) is 0 Å². The quantitative estimate of drug-likeness (QED) is 0.312. The lowest BCUT2D eigenvalue weighted by atomic mass is 10.1. The summed E-state index contributed by atoms with van der Waals surface area (Å²) in [4.78, 5) is 41.6. The molecule has 9 heteroatoms. The monoisotopic (exact) mass is 531 g/mol. The lowest BCUT2D eigenvalue weighted by Crippen LogP contribution is -2.39. The first-order valence-corrected chi connectivity index (χ1v) is 12.6. The first kappa shape index (κ1) is 26.8. The van der Waals surface area contributed by atoms with Gasteiger partial charge in [0.05, 0.1) is 32.7 Å². The summed E-state index contributed by atoms with van der Waals surface area (Å²) in [6, 6.07) is 23.0. The van der Waals surface area contributed by atoms with Crippen molar-refractivity contribution in [1.82, 2.24) is 9.80 Å². The number of benzene rings is 3. The third-order valence-corrected chi connectivity index (χ3v) is 6.81. The molecule has 0 radical (unpaired) electrons. The summed E-state index contributed by atoms with van der Waals surface area (Å²) in [7, 11) is 2.93. The molecule has 1 saturated heterocycles. The van der Waals surface area contributed by atoms with Crippen molar-refractivity contribution in [1.29, 1.82) is 0 Å². The van der Waals surface area contributed by atoms with Crippen LogP contribution in [0.4, 0.5) is 5.69 Å². The number of anilines is 1. The molecule has 2 amide bonds. The number of carbonyl (C=O) groups is 3. The van der Waals surface area contributed by atoms with E-state index in [-0.39, 0.29) is 18.2 Å². The van der Waals surface area contributed by atoms with E-state index in [1.165, 1.54) is 7.11 Å². The van der Waals surface area contributed by atoms with Crippen molar-refractivity contribution in [2.24, 2.45) is 0 Å². The topological polar surface area (TPSA) is 88.2 Å². The Balaban J connectivity index is 1.48. The Morgan fingerprint density at radius 2 is 1.61 bits per heavy atom. The maximum atomic E-state index is 13.5. The number of esters is 1. The van der Waals surface area contributed by atoms with E-state index in [9.17, 15) is 14.4 Å². The number of thiocarbonyl (C=S) groups is 1. The zero-order chi connectivity index (χ0) is 27.1. The van der Waals surface area contributed by atoms with Gasteiger partial charge in [-0.2, -0.15) is 0 Å². The number of rotatable bonds is 10. The molecule has 1 fully saturated rings. The molecular formula is C29H29N3O5S. The average molecular weight is 532 g/mol. The molecule has 4 rings (SSSR count). The fourth-order valence-electron chi connectivity index (χ4n) is 4.29. The summed E-state index contributed by atoms with van der Waals surface area (Å²) in [5, 5.41) is 3.22. The second-order valence-corrected chi connectivity index (χ2v) is 9.19. The van der Waals surface area contributed by atoms with Gasteiger partial charge in [-0.15, -0.1) is 0 Å². The standard InChI is InChI=1S/C29H29N3O5S/c1-36-24-14-8-20(9-15-24)16-17-31-25(27(34)32(29(31)38)19-21-6-4-3-5-7-21)18-26(33)30-23-12-10-22(11-13-23)28(35)37-2/h3-15,25H,16-19H2,1-2H3,(H,30,33). The maximum absolute atomic E-state index is 13.5. The number of hydrogen-bond acceptors (Lipinski definition) is 6. The van der Waals surface area contributed by atoms with Crippen molar-refractivity contribution in [3.8, 4) is 5.75 Å². The Labute approximate surface area is 227 Å². The fourth-order valence-corrected chi connectivity index (χ4v) is 4.67. The smallest absolute Gasteiger partial charge is 0.337 e. The summed E-state index contributed by atoms with van der Waals surface area (Å²) in [6.45, 7) is 0.818. The number of amides is 2. The van der Waals surface area contributed by atoms with E-state index < -0.39 is 12.0 Å². The lowest BCUT2D eigenvalue weighted by Gasteiger charge is -2.24. The third kappa shape index (κ3) is 6.36. The summed E-state index contributed by atoms with van der Waals surface area (Å²) in [5.41, 5.74) is 2.91. The van der Waals surface area contributed by atoms with Gasteiger partial charge in [0.2, 0.25) is 5.91 Å². The van der Waals surface area contributed by atoms with Crippen LogP contribution in [-0.4, -0.2) is 59.5 Å². The van der Waals surface area contributed by atoms with Crippen molar-refractivity contribution in [2.45, 2.75) is 25.4 Å². The Hall–Kier alpha value is -4.24. The maximum Gasteiger partial charge on any atom is 0.337 e. The van der Waals surface area contributed by atoms with E-state index in [0.29, 0.717) is 35.9 Å². The first-order valence-electron chi connectivity index (χ1n) is 12.2. The van der Waals surface area contributed by atoms with Crippen molar-refractivity contribution in [2.75, 3.05) is 26.1 Å². The summed E-state index contributed by atoms with van der Waals surface area (Å²) in [6.07, 6.45) is 0.579. The van der Waals surface area contributed by atoms with Crippen molar-refractivity contribution >= 4 is 40.8 Å². The zero-order valence-corrected chi connectivity index (χ0v) is 22.1. The van der Waals surface area contributed by atoms with Gasteiger partial charge in [-0.05, 0) is 66.2 Å². The van der Waals surface area contributed by atoms with Crippen molar-refractivity contribution in [3.05, 3.63) is 95.6 Å². The highest BCUT2D eigenvalue weighted by molar-refractivity contribution is 7.80. The molecule has 1 aliphatic rings. The molecule has 38 heavy (non-hydrogen) atoms. The number of nitrogens with zero attached hydrogens (tertiary/aromatic N) is 2. The number of hydrogen-bond donors (Lipinski definition) is 1. The minimum atomic E-state index is -0.723. The summed E-state index contributed by atoms with van der Waals surface area (Å²) < 4.78 is 9.94. The highest BCUT2D eigenvalue weighted by Gasteiger charge is 2.43. The van der Waals surface area contributed by atoms with Crippen LogP contribution in [-0.2, 0) is 27.3 Å². The number of ether oxygens (including phenoxy) is 2. The molecule has 0 saturated carbocycles. The molecule has 196 valence electrons. The zero-order valence-electron chi connectivity index (χ0n) is 21.3. The number of carbonyl (C=O) groups excluding carboxylic acids is 3.